The molecule has 172 valence electrons. The molecule has 1 aromatic carbocycles. The number of carbonyl (C=O) groups excluding carboxylic acids is 1. The van der Waals surface area contributed by atoms with E-state index >= 15 is 0 Å². The molecule has 2 aliphatic rings. The number of rotatable bonds is 6. The lowest BCUT2D eigenvalue weighted by Crippen LogP contribution is -2.43. The number of hydrogen-bond acceptors (Lipinski definition) is 7. The molecule has 0 bridgehead atoms. The zero-order valence-corrected chi connectivity index (χ0v) is 19.7. The summed E-state index contributed by atoms with van der Waals surface area (Å²) in [4.78, 5) is 36.7. The number of nitrogens with zero attached hydrogens (tertiary/aromatic N) is 4. The lowest BCUT2D eigenvalue weighted by Gasteiger charge is -2.32. The van der Waals surface area contributed by atoms with Crippen molar-refractivity contribution in [2.45, 2.75) is 50.2 Å². The summed E-state index contributed by atoms with van der Waals surface area (Å²) in [6.07, 6.45) is 4.04. The van der Waals surface area contributed by atoms with Gasteiger partial charge in [0.25, 0.3) is 5.56 Å². The van der Waals surface area contributed by atoms with E-state index in [-0.39, 0.29) is 11.3 Å². The van der Waals surface area contributed by atoms with Crippen molar-refractivity contribution in [3.8, 4) is 0 Å². The van der Waals surface area contributed by atoms with Crippen LogP contribution in [0.1, 0.15) is 29.8 Å². The van der Waals surface area contributed by atoms with Gasteiger partial charge < -0.3 is 14.8 Å². The van der Waals surface area contributed by atoms with Crippen molar-refractivity contribution in [2.75, 3.05) is 25.4 Å². The van der Waals surface area contributed by atoms with Crippen molar-refractivity contribution in [1.82, 2.24) is 24.8 Å². The number of pyridine rings is 1. The highest BCUT2D eigenvalue weighted by atomic mass is 32.2. The Morgan fingerprint density at radius 2 is 1.97 bits per heavy atom. The highest BCUT2D eigenvalue weighted by Gasteiger charge is 2.20. The summed E-state index contributed by atoms with van der Waals surface area (Å²) in [6.45, 7) is 6.33. The zero-order valence-electron chi connectivity index (χ0n) is 18.9. The van der Waals surface area contributed by atoms with Gasteiger partial charge in [-0.25, -0.2) is 4.98 Å². The number of carbonyl (C=O) groups is 1. The van der Waals surface area contributed by atoms with Crippen LogP contribution in [0.4, 0.5) is 0 Å². The molecule has 0 aliphatic carbocycles. The SMILES string of the molecule is Cc1ccc2ncc(=O)n(CCN3CCC(NCc4ccc5c(n4)CC(=O)CS5)CC3)c2c1. The zero-order chi connectivity index (χ0) is 22.8. The fourth-order valence-corrected chi connectivity index (χ4v) is 5.51. The van der Waals surface area contributed by atoms with Gasteiger partial charge in [0.1, 0.15) is 5.78 Å². The molecule has 0 unspecified atom stereocenters. The van der Waals surface area contributed by atoms with E-state index in [0.717, 1.165) is 71.9 Å². The fraction of sp³-hybridized carbons (Fsp3) is 0.440. The summed E-state index contributed by atoms with van der Waals surface area (Å²) in [5.41, 5.74) is 4.81. The number of piperidine rings is 1. The molecule has 33 heavy (non-hydrogen) atoms. The van der Waals surface area contributed by atoms with E-state index in [0.29, 0.717) is 24.8 Å². The van der Waals surface area contributed by atoms with Crippen LogP contribution in [0.15, 0.2) is 46.2 Å². The number of ketones is 1. The first-order valence-electron chi connectivity index (χ1n) is 11.6. The highest BCUT2D eigenvalue weighted by molar-refractivity contribution is 8.00. The molecular weight excluding hydrogens is 434 g/mol. The van der Waals surface area contributed by atoms with Gasteiger partial charge in [0.2, 0.25) is 0 Å². The largest absolute Gasteiger partial charge is 0.308 e. The number of likely N-dealkylation sites (tertiary alicyclic amines) is 1. The average Bonchev–Trinajstić information content (AvgIpc) is 2.82. The van der Waals surface area contributed by atoms with Crippen LogP contribution in [0, 0.1) is 6.92 Å². The van der Waals surface area contributed by atoms with Crippen molar-refractivity contribution >= 4 is 28.6 Å². The van der Waals surface area contributed by atoms with E-state index in [1.165, 1.54) is 6.20 Å². The molecule has 1 fully saturated rings. The normalized spacial score (nSPS) is 17.4. The van der Waals surface area contributed by atoms with E-state index in [1.807, 2.05) is 29.7 Å². The van der Waals surface area contributed by atoms with Crippen LogP contribution in [-0.4, -0.2) is 56.6 Å². The molecule has 0 spiro atoms. The van der Waals surface area contributed by atoms with Crippen LogP contribution in [0.25, 0.3) is 11.0 Å². The molecule has 0 atom stereocenters. The number of aryl methyl sites for hydroxylation is 1. The van der Waals surface area contributed by atoms with Gasteiger partial charge in [0.05, 0.1) is 40.8 Å². The van der Waals surface area contributed by atoms with E-state index < -0.39 is 0 Å². The van der Waals surface area contributed by atoms with Crippen LogP contribution in [-0.2, 0) is 24.3 Å². The van der Waals surface area contributed by atoms with Crippen LogP contribution < -0.4 is 10.9 Å². The monoisotopic (exact) mass is 463 g/mol. The third-order valence-electron chi connectivity index (χ3n) is 6.54. The van der Waals surface area contributed by atoms with Crippen molar-refractivity contribution in [3.63, 3.8) is 0 Å². The quantitative estimate of drug-likeness (QED) is 0.602. The Labute approximate surface area is 197 Å². The van der Waals surface area contributed by atoms with Gasteiger partial charge in [-0.3, -0.25) is 14.6 Å². The second kappa shape index (κ2) is 9.75. The van der Waals surface area contributed by atoms with Gasteiger partial charge in [0.15, 0.2) is 0 Å². The van der Waals surface area contributed by atoms with Crippen LogP contribution in [0.5, 0.6) is 0 Å². The van der Waals surface area contributed by atoms with Crippen LogP contribution >= 0.6 is 11.8 Å². The lowest BCUT2D eigenvalue weighted by molar-refractivity contribution is -0.116. The average molecular weight is 464 g/mol. The van der Waals surface area contributed by atoms with Gasteiger partial charge >= 0.3 is 0 Å². The van der Waals surface area contributed by atoms with Crippen molar-refractivity contribution < 1.29 is 4.79 Å². The summed E-state index contributed by atoms with van der Waals surface area (Å²) in [5, 5.41) is 3.65. The molecule has 1 saturated heterocycles. The number of hydrogen-bond donors (Lipinski definition) is 1. The molecule has 4 heterocycles. The molecule has 0 radical (unpaired) electrons. The highest BCUT2D eigenvalue weighted by Crippen LogP contribution is 2.27. The molecule has 8 heteroatoms. The Morgan fingerprint density at radius 1 is 1.12 bits per heavy atom. The summed E-state index contributed by atoms with van der Waals surface area (Å²) in [5.74, 6) is 0.825. The van der Waals surface area contributed by atoms with E-state index in [4.69, 9.17) is 4.98 Å². The molecule has 2 aliphatic heterocycles. The molecule has 1 N–H and O–H groups in total. The van der Waals surface area contributed by atoms with Gasteiger partial charge in [0, 0.05) is 30.6 Å². The molecule has 0 amide bonds. The third kappa shape index (κ3) is 5.18. The summed E-state index contributed by atoms with van der Waals surface area (Å²) < 4.78 is 1.85. The van der Waals surface area contributed by atoms with Crippen LogP contribution in [0.3, 0.4) is 0 Å². The predicted octanol–water partition coefficient (Wildman–Crippen LogP) is 2.57. The maximum absolute atomic E-state index is 12.4. The molecule has 2 aromatic heterocycles. The molecule has 5 rings (SSSR count). The first-order chi connectivity index (χ1) is 16.0. The smallest absolute Gasteiger partial charge is 0.269 e. The van der Waals surface area contributed by atoms with E-state index in [9.17, 15) is 9.59 Å². The number of Topliss-reactive ketones (excluding diaryl/α,β-unsaturated/α-hetero) is 1. The van der Waals surface area contributed by atoms with Crippen LogP contribution in [0.2, 0.25) is 0 Å². The van der Waals surface area contributed by atoms with Crippen molar-refractivity contribution in [3.05, 3.63) is 63.8 Å². The molecular formula is C25H29N5O2S. The first-order valence-corrected chi connectivity index (χ1v) is 12.6. The van der Waals surface area contributed by atoms with E-state index in [2.05, 4.69) is 27.3 Å². The maximum atomic E-state index is 12.4. The predicted molar refractivity (Wildman–Crippen MR) is 131 cm³/mol. The topological polar surface area (TPSA) is 80.1 Å². The Balaban J connectivity index is 1.13. The number of fused-ring (bicyclic) bond motifs is 2. The minimum absolute atomic E-state index is 0.0395. The Morgan fingerprint density at radius 3 is 2.82 bits per heavy atom. The van der Waals surface area contributed by atoms with Gasteiger partial charge in [-0.1, -0.05) is 6.07 Å². The van der Waals surface area contributed by atoms with E-state index in [1.54, 1.807) is 11.8 Å². The summed E-state index contributed by atoms with van der Waals surface area (Å²) in [6, 6.07) is 10.7. The summed E-state index contributed by atoms with van der Waals surface area (Å²) >= 11 is 1.59. The first kappa shape index (κ1) is 22.3. The van der Waals surface area contributed by atoms with Crippen molar-refractivity contribution in [1.29, 1.82) is 0 Å². The maximum Gasteiger partial charge on any atom is 0.269 e. The molecule has 7 nitrogen and oxygen atoms in total. The minimum atomic E-state index is -0.0395. The molecule has 0 saturated carbocycles. The third-order valence-corrected chi connectivity index (χ3v) is 7.69. The standard InChI is InChI=1S/C25H29N5O2S/c1-17-2-4-21-23(12-17)30(25(32)15-27-21)11-10-29-8-6-18(7-9-29)26-14-19-3-5-24-22(28-19)13-20(31)16-33-24/h2-5,12,15,18,26H,6-11,13-14,16H2,1H3. The Kier molecular flexibility index (Phi) is 6.57. The fourth-order valence-electron chi connectivity index (χ4n) is 4.64. The lowest BCUT2D eigenvalue weighted by atomic mass is 10.0. The Bertz CT molecular complexity index is 1230. The second-order valence-corrected chi connectivity index (χ2v) is 10.0. The summed E-state index contributed by atoms with van der Waals surface area (Å²) in [7, 11) is 0. The van der Waals surface area contributed by atoms with Gasteiger partial charge in [-0.2, -0.15) is 0 Å². The second-order valence-electron chi connectivity index (χ2n) is 8.99. The number of nitrogens with one attached hydrogen (secondary N) is 1. The Hall–Kier alpha value is -2.55. The number of aromatic nitrogens is 3. The van der Waals surface area contributed by atoms with Gasteiger partial charge in [-0.05, 0) is 62.7 Å². The minimum Gasteiger partial charge on any atom is -0.308 e. The number of thioether (sulfide) groups is 1. The van der Waals surface area contributed by atoms with Crippen molar-refractivity contribution in [2.24, 2.45) is 0 Å². The molecule has 3 aromatic rings. The van der Waals surface area contributed by atoms with Gasteiger partial charge in [-0.15, -0.1) is 11.8 Å². The number of benzene rings is 1.